The van der Waals surface area contributed by atoms with E-state index in [1.54, 1.807) is 25.1 Å². The predicted molar refractivity (Wildman–Crippen MR) is 83.7 cm³/mol. The molecule has 0 bridgehead atoms. The molecule has 3 N–H and O–H groups in total. The molecule has 0 fully saturated rings. The Hall–Kier alpha value is -2.54. The molecule has 0 aliphatic rings. The second kappa shape index (κ2) is 8.68. The van der Waals surface area contributed by atoms with Crippen molar-refractivity contribution in [3.63, 3.8) is 0 Å². The number of nitrogens with zero attached hydrogens (tertiary/aromatic N) is 3. The van der Waals surface area contributed by atoms with Gasteiger partial charge in [-0.2, -0.15) is 0 Å². The summed E-state index contributed by atoms with van der Waals surface area (Å²) in [4.78, 5) is 13.0. The number of azo groups is 1. The molecular weight excluding hydrogens is 285 g/mol. The van der Waals surface area contributed by atoms with Crippen molar-refractivity contribution in [2.75, 3.05) is 19.4 Å². The summed E-state index contributed by atoms with van der Waals surface area (Å²) in [7, 11) is 3.65. The van der Waals surface area contributed by atoms with Gasteiger partial charge in [0.05, 0.1) is 13.2 Å². The number of carbonyl (C=O) groups is 1. The van der Waals surface area contributed by atoms with E-state index < -0.39 is 5.82 Å². The van der Waals surface area contributed by atoms with Crippen molar-refractivity contribution in [3.8, 4) is 0 Å². The molecule has 7 heteroatoms. The van der Waals surface area contributed by atoms with Gasteiger partial charge in [0.15, 0.2) is 5.82 Å². The van der Waals surface area contributed by atoms with Crippen LogP contribution in [-0.4, -0.2) is 24.9 Å². The molecule has 1 amide bonds. The van der Waals surface area contributed by atoms with E-state index in [-0.39, 0.29) is 11.6 Å². The number of nitrogens with one attached hydrogen (secondary N) is 1. The Morgan fingerprint density at radius 1 is 1.55 bits per heavy atom. The minimum absolute atomic E-state index is 0.0366. The van der Waals surface area contributed by atoms with Gasteiger partial charge in [0, 0.05) is 19.2 Å². The summed E-state index contributed by atoms with van der Waals surface area (Å²) < 4.78 is 13.7. The van der Waals surface area contributed by atoms with E-state index in [1.165, 1.54) is 18.2 Å². The zero-order valence-corrected chi connectivity index (χ0v) is 13.0. The maximum atomic E-state index is 13.7. The molecule has 1 rings (SSSR count). The quantitative estimate of drug-likeness (QED) is 0.759. The topological polar surface area (TPSA) is 73.7 Å². The van der Waals surface area contributed by atoms with E-state index >= 15 is 0 Å². The highest BCUT2D eigenvalue weighted by molar-refractivity contribution is 5.90. The number of rotatable bonds is 7. The molecule has 0 aliphatic carbocycles. The minimum atomic E-state index is -0.522. The second-order valence-electron chi connectivity index (χ2n) is 4.47. The van der Waals surface area contributed by atoms with Crippen molar-refractivity contribution in [2.24, 2.45) is 10.2 Å². The van der Waals surface area contributed by atoms with Crippen molar-refractivity contribution < 1.29 is 14.5 Å². The van der Waals surface area contributed by atoms with E-state index in [0.717, 1.165) is 0 Å². The third kappa shape index (κ3) is 5.45. The van der Waals surface area contributed by atoms with Crippen LogP contribution in [0.5, 0.6) is 0 Å². The monoisotopic (exact) mass is 306 g/mol. The number of benzene rings is 1. The van der Waals surface area contributed by atoms with Gasteiger partial charge in [-0.3, -0.25) is 4.79 Å². The predicted octanol–water partition coefficient (Wildman–Crippen LogP) is 2.33. The summed E-state index contributed by atoms with van der Waals surface area (Å²) in [6.07, 6.45) is 3.92. The molecule has 0 aliphatic heterocycles. The van der Waals surface area contributed by atoms with Crippen LogP contribution in [-0.2, 0) is 4.79 Å². The molecule has 0 aromatic heterocycles. The first kappa shape index (κ1) is 17.5. The summed E-state index contributed by atoms with van der Waals surface area (Å²) in [5.41, 5.74) is 0.510. The first-order chi connectivity index (χ1) is 10.5. The molecule has 0 spiro atoms. The number of carbonyl (C=O) groups excluding carboxylic acids is 1. The van der Waals surface area contributed by atoms with Crippen LogP contribution in [0.4, 0.5) is 15.8 Å². The fourth-order valence-electron chi connectivity index (χ4n) is 1.40. The fraction of sp³-hybridized carbons (Fsp3) is 0.267. The van der Waals surface area contributed by atoms with Gasteiger partial charge in [0.1, 0.15) is 17.7 Å². The second-order valence-corrected chi connectivity index (χ2v) is 4.47. The zero-order valence-electron chi connectivity index (χ0n) is 13.0. The van der Waals surface area contributed by atoms with E-state index in [0.29, 0.717) is 17.9 Å². The van der Waals surface area contributed by atoms with Gasteiger partial charge in [-0.25, -0.2) is 4.39 Å². The molecule has 118 valence electrons. The molecule has 0 saturated carbocycles. The van der Waals surface area contributed by atoms with Crippen LogP contribution in [0, 0.1) is 5.82 Å². The molecular formula is C15H21FN5O+. The zero-order chi connectivity index (χ0) is 16.5. The van der Waals surface area contributed by atoms with E-state index in [2.05, 4.69) is 22.1 Å². The lowest BCUT2D eigenvalue weighted by molar-refractivity contribution is -0.557. The van der Waals surface area contributed by atoms with Crippen LogP contribution >= 0.6 is 0 Å². The largest absolute Gasteiger partial charge is 0.330 e. The SMILES string of the molecule is C=C(N=Nc1cc(NC(=O)CC)ccc1F)N(C)/C=C\[NH2+]C. The van der Waals surface area contributed by atoms with Crippen molar-refractivity contribution in [1.82, 2.24) is 4.90 Å². The number of quaternary nitrogens is 1. The van der Waals surface area contributed by atoms with Gasteiger partial charge in [-0.15, -0.1) is 10.2 Å². The standard InChI is InChI=1S/C15H20FN5O/c1-5-15(22)18-12-6-7-13(16)14(10-12)20-19-11(2)21(4)9-8-17-3/h6-10,17H,2,5H2,1,3-4H3,(H,18,22)/p+1/b9-8-,20-19?. The Labute approximate surface area is 129 Å². The Morgan fingerprint density at radius 3 is 2.91 bits per heavy atom. The number of anilines is 1. The third-order valence-corrected chi connectivity index (χ3v) is 2.73. The van der Waals surface area contributed by atoms with E-state index in [1.807, 2.05) is 18.6 Å². The Kier molecular flexibility index (Phi) is 6.91. The smallest absolute Gasteiger partial charge is 0.224 e. The summed E-state index contributed by atoms with van der Waals surface area (Å²) in [5, 5.41) is 12.2. The molecule has 1 aromatic carbocycles. The molecule has 0 heterocycles. The van der Waals surface area contributed by atoms with Gasteiger partial charge in [0.25, 0.3) is 0 Å². The Morgan fingerprint density at radius 2 is 2.27 bits per heavy atom. The van der Waals surface area contributed by atoms with Crippen molar-refractivity contribution in [1.29, 1.82) is 0 Å². The van der Waals surface area contributed by atoms with Gasteiger partial charge in [0.2, 0.25) is 5.91 Å². The number of nitrogens with two attached hydrogens (primary N) is 1. The molecule has 0 radical (unpaired) electrons. The summed E-state index contributed by atoms with van der Waals surface area (Å²) in [6.45, 7) is 5.48. The highest BCUT2D eigenvalue weighted by atomic mass is 19.1. The fourth-order valence-corrected chi connectivity index (χ4v) is 1.40. The van der Waals surface area contributed by atoms with Crippen LogP contribution in [0.25, 0.3) is 0 Å². The summed E-state index contributed by atoms with van der Waals surface area (Å²) in [6, 6.07) is 4.13. The van der Waals surface area contributed by atoms with Gasteiger partial charge in [-0.1, -0.05) is 13.5 Å². The molecule has 22 heavy (non-hydrogen) atoms. The molecule has 0 atom stereocenters. The lowest BCUT2D eigenvalue weighted by Crippen LogP contribution is -2.72. The Bertz CT molecular complexity index is 598. The van der Waals surface area contributed by atoms with Crippen molar-refractivity contribution in [3.05, 3.63) is 48.8 Å². The number of halogens is 1. The molecule has 1 aromatic rings. The number of amides is 1. The third-order valence-electron chi connectivity index (χ3n) is 2.73. The lowest BCUT2D eigenvalue weighted by atomic mass is 10.2. The average molecular weight is 306 g/mol. The van der Waals surface area contributed by atoms with Crippen LogP contribution in [0.3, 0.4) is 0 Å². The highest BCUT2D eigenvalue weighted by Gasteiger charge is 2.05. The van der Waals surface area contributed by atoms with Gasteiger partial charge >= 0.3 is 0 Å². The molecule has 6 nitrogen and oxygen atoms in total. The van der Waals surface area contributed by atoms with E-state index in [4.69, 9.17) is 0 Å². The van der Waals surface area contributed by atoms with Crippen LogP contribution in [0.15, 0.2) is 53.2 Å². The maximum Gasteiger partial charge on any atom is 0.224 e. The van der Waals surface area contributed by atoms with Crippen LogP contribution in [0.1, 0.15) is 13.3 Å². The van der Waals surface area contributed by atoms with Crippen LogP contribution in [0.2, 0.25) is 0 Å². The lowest BCUT2D eigenvalue weighted by Gasteiger charge is -2.10. The van der Waals surface area contributed by atoms with Crippen LogP contribution < -0.4 is 10.6 Å². The van der Waals surface area contributed by atoms with E-state index in [9.17, 15) is 9.18 Å². The maximum absolute atomic E-state index is 13.7. The van der Waals surface area contributed by atoms with Gasteiger partial charge < -0.3 is 15.5 Å². The first-order valence-corrected chi connectivity index (χ1v) is 6.87. The molecule has 0 saturated heterocycles. The highest BCUT2D eigenvalue weighted by Crippen LogP contribution is 2.23. The normalized spacial score (nSPS) is 11.1. The first-order valence-electron chi connectivity index (χ1n) is 6.87. The number of hydrogen-bond acceptors (Lipinski definition) is 4. The van der Waals surface area contributed by atoms with Crippen molar-refractivity contribution in [2.45, 2.75) is 13.3 Å². The minimum Gasteiger partial charge on any atom is -0.330 e. The summed E-state index contributed by atoms with van der Waals surface area (Å²) in [5.74, 6) is -0.314. The van der Waals surface area contributed by atoms with Crippen molar-refractivity contribution >= 4 is 17.3 Å². The average Bonchev–Trinajstić information content (AvgIpc) is 2.52. The summed E-state index contributed by atoms with van der Waals surface area (Å²) >= 11 is 0. The van der Waals surface area contributed by atoms with Gasteiger partial charge in [-0.05, 0) is 18.2 Å². The Balaban J connectivity index is 2.85. The number of hydrogen-bond donors (Lipinski definition) is 2. The molecule has 0 unspecified atom stereocenters.